The van der Waals surface area contributed by atoms with Crippen LogP contribution in [0, 0.1) is 0 Å². The normalized spacial score (nSPS) is 13.0. The summed E-state index contributed by atoms with van der Waals surface area (Å²) in [5.74, 6) is 0. The third-order valence-corrected chi connectivity index (χ3v) is 10.7. The van der Waals surface area contributed by atoms with Gasteiger partial charge in [-0.2, -0.15) is 0 Å². The maximum absolute atomic E-state index is 2.46. The van der Waals surface area contributed by atoms with Gasteiger partial charge in [0.15, 0.2) is 0 Å². The lowest BCUT2D eigenvalue weighted by molar-refractivity contribution is 0.794. The maximum atomic E-state index is 2.46. The van der Waals surface area contributed by atoms with Gasteiger partial charge in [-0.15, -0.1) is 0 Å². The van der Waals surface area contributed by atoms with Crippen molar-refractivity contribution in [1.29, 1.82) is 0 Å². The summed E-state index contributed by atoms with van der Waals surface area (Å²) in [6, 6.07) is 73.2. The lowest BCUT2D eigenvalue weighted by atomic mass is 9.70. The van der Waals surface area contributed by atoms with Crippen molar-refractivity contribution in [3.05, 3.63) is 222 Å². The Kier molecular flexibility index (Phi) is 6.47. The minimum Gasteiger partial charge on any atom is -0.310 e. The number of nitrogens with zero attached hydrogens (tertiary/aromatic N) is 1. The van der Waals surface area contributed by atoms with Crippen LogP contribution in [0.15, 0.2) is 200 Å². The molecule has 1 nitrogen and oxygen atoms in total. The summed E-state index contributed by atoms with van der Waals surface area (Å²) in [5, 5.41) is 0. The van der Waals surface area contributed by atoms with Gasteiger partial charge in [0.25, 0.3) is 0 Å². The van der Waals surface area contributed by atoms with Gasteiger partial charge in [0.05, 0.1) is 11.1 Å². The van der Waals surface area contributed by atoms with Gasteiger partial charge in [0.1, 0.15) is 0 Å². The molecule has 10 rings (SSSR count). The summed E-state index contributed by atoms with van der Waals surface area (Å²) in [4.78, 5) is 2.37. The Balaban J connectivity index is 1.12. The Labute approximate surface area is 293 Å². The first-order valence-electron chi connectivity index (χ1n) is 17.4. The molecule has 0 N–H and O–H groups in total. The van der Waals surface area contributed by atoms with Crippen LogP contribution in [0.1, 0.15) is 22.3 Å². The van der Waals surface area contributed by atoms with Crippen molar-refractivity contribution < 1.29 is 0 Å². The monoisotopic (exact) mass is 635 g/mol. The Morgan fingerprint density at radius 3 is 1.32 bits per heavy atom. The van der Waals surface area contributed by atoms with Crippen LogP contribution in [0.3, 0.4) is 0 Å². The van der Waals surface area contributed by atoms with E-state index in [4.69, 9.17) is 0 Å². The molecule has 0 unspecified atom stereocenters. The van der Waals surface area contributed by atoms with E-state index in [-0.39, 0.29) is 5.41 Å². The van der Waals surface area contributed by atoms with E-state index in [0.717, 1.165) is 17.1 Å². The number of benzene rings is 8. The molecule has 0 aromatic heterocycles. The smallest absolute Gasteiger partial charge is 0.0725 e. The third-order valence-electron chi connectivity index (χ3n) is 10.7. The quantitative estimate of drug-likeness (QED) is 0.182. The molecule has 0 bridgehead atoms. The fourth-order valence-corrected chi connectivity index (χ4v) is 8.61. The highest BCUT2D eigenvalue weighted by molar-refractivity contribution is 5.96. The van der Waals surface area contributed by atoms with Crippen LogP contribution in [-0.4, -0.2) is 0 Å². The van der Waals surface area contributed by atoms with Crippen LogP contribution in [0.4, 0.5) is 17.1 Å². The van der Waals surface area contributed by atoms with E-state index in [9.17, 15) is 0 Å². The minimum absolute atomic E-state index is 0.347. The Morgan fingerprint density at radius 1 is 0.280 bits per heavy atom. The summed E-state index contributed by atoms with van der Waals surface area (Å²) in [7, 11) is 0. The highest BCUT2D eigenvalue weighted by Crippen LogP contribution is 2.63. The SMILES string of the molecule is c1ccc(-c2ccccc2N(c2ccccc2)c2ccc(-c3ccc4c(c3)C3(c5ccccc5-c5ccccc53)c3ccccc3-4)cc2)cc1. The molecule has 0 aliphatic heterocycles. The Morgan fingerprint density at radius 2 is 0.720 bits per heavy atom. The summed E-state index contributed by atoms with van der Waals surface area (Å²) in [5.41, 5.74) is 18.6. The van der Waals surface area contributed by atoms with Gasteiger partial charge >= 0.3 is 0 Å². The highest BCUT2D eigenvalue weighted by atomic mass is 15.1. The first-order chi connectivity index (χ1) is 24.8. The Bertz CT molecular complexity index is 2470. The predicted molar refractivity (Wildman–Crippen MR) is 208 cm³/mol. The first-order valence-corrected chi connectivity index (χ1v) is 17.4. The van der Waals surface area contributed by atoms with Crippen molar-refractivity contribution in [3.8, 4) is 44.5 Å². The van der Waals surface area contributed by atoms with Crippen molar-refractivity contribution in [2.24, 2.45) is 0 Å². The fraction of sp³-hybridized carbons (Fsp3) is 0.0204. The van der Waals surface area contributed by atoms with Crippen molar-refractivity contribution in [2.75, 3.05) is 4.90 Å². The van der Waals surface area contributed by atoms with Crippen LogP contribution >= 0.6 is 0 Å². The zero-order valence-electron chi connectivity index (χ0n) is 27.5. The average molecular weight is 636 g/mol. The van der Waals surface area contributed by atoms with Crippen LogP contribution in [-0.2, 0) is 5.41 Å². The average Bonchev–Trinajstić information content (AvgIpc) is 3.66. The van der Waals surface area contributed by atoms with E-state index in [1.54, 1.807) is 0 Å². The zero-order valence-corrected chi connectivity index (χ0v) is 27.5. The van der Waals surface area contributed by atoms with Crippen LogP contribution in [0.25, 0.3) is 44.5 Å². The van der Waals surface area contributed by atoms with Crippen molar-refractivity contribution in [3.63, 3.8) is 0 Å². The molecule has 0 fully saturated rings. The molecule has 50 heavy (non-hydrogen) atoms. The van der Waals surface area contributed by atoms with E-state index in [1.807, 2.05) is 0 Å². The van der Waals surface area contributed by atoms with Crippen LogP contribution < -0.4 is 4.90 Å². The Hall–Kier alpha value is -6.44. The molecule has 0 radical (unpaired) electrons. The number of fused-ring (bicyclic) bond motifs is 10. The van der Waals surface area contributed by atoms with Crippen LogP contribution in [0.2, 0.25) is 0 Å². The molecule has 2 aliphatic carbocycles. The highest BCUT2D eigenvalue weighted by Gasteiger charge is 2.51. The van der Waals surface area contributed by atoms with E-state index < -0.39 is 0 Å². The predicted octanol–water partition coefficient (Wildman–Crippen LogP) is 12.8. The lowest BCUT2D eigenvalue weighted by Crippen LogP contribution is -2.25. The second-order valence-electron chi connectivity index (χ2n) is 13.2. The number of hydrogen-bond acceptors (Lipinski definition) is 1. The van der Waals surface area contributed by atoms with Crippen molar-refractivity contribution in [2.45, 2.75) is 5.41 Å². The van der Waals surface area contributed by atoms with Gasteiger partial charge in [0.2, 0.25) is 0 Å². The largest absolute Gasteiger partial charge is 0.310 e. The van der Waals surface area contributed by atoms with E-state index in [0.29, 0.717) is 0 Å². The topological polar surface area (TPSA) is 3.24 Å². The zero-order chi connectivity index (χ0) is 33.1. The summed E-state index contributed by atoms with van der Waals surface area (Å²) in [6.45, 7) is 0. The van der Waals surface area contributed by atoms with Gasteiger partial charge in [0, 0.05) is 16.9 Å². The van der Waals surface area contributed by atoms with E-state index >= 15 is 0 Å². The van der Waals surface area contributed by atoms with Gasteiger partial charge in [-0.25, -0.2) is 0 Å². The molecule has 1 heteroatoms. The van der Waals surface area contributed by atoms with E-state index in [1.165, 1.54) is 66.8 Å². The van der Waals surface area contributed by atoms with Gasteiger partial charge < -0.3 is 4.90 Å². The molecule has 0 atom stereocenters. The van der Waals surface area contributed by atoms with E-state index in [2.05, 4.69) is 205 Å². The minimum atomic E-state index is -0.347. The molecule has 234 valence electrons. The molecule has 0 heterocycles. The molecular weight excluding hydrogens is 603 g/mol. The number of hydrogen-bond donors (Lipinski definition) is 0. The number of rotatable bonds is 5. The molecule has 0 saturated carbocycles. The molecule has 8 aromatic carbocycles. The standard InChI is InChI=1S/C49H33N/c1-3-15-35(16-4-1)39-19-10-14-26-48(39)50(37-17-5-2-6-18-37)38-30-27-34(28-31-38)36-29-32-43-42-22-9-13-25-46(42)49(47(43)33-36)44-23-11-7-20-40(44)41-21-8-12-24-45(41)49/h1-33H. The summed E-state index contributed by atoms with van der Waals surface area (Å²) < 4.78 is 0. The maximum Gasteiger partial charge on any atom is 0.0725 e. The molecular formula is C49H33N. The molecule has 0 amide bonds. The molecule has 2 aliphatic rings. The second kappa shape index (κ2) is 11.3. The summed E-state index contributed by atoms with van der Waals surface area (Å²) in [6.07, 6.45) is 0. The molecule has 1 spiro atoms. The second-order valence-corrected chi connectivity index (χ2v) is 13.2. The lowest BCUT2D eigenvalue weighted by Gasteiger charge is -2.30. The van der Waals surface area contributed by atoms with Gasteiger partial charge in [-0.1, -0.05) is 164 Å². The van der Waals surface area contributed by atoms with Crippen molar-refractivity contribution in [1.82, 2.24) is 0 Å². The molecule has 0 saturated heterocycles. The summed E-state index contributed by atoms with van der Waals surface area (Å²) >= 11 is 0. The van der Waals surface area contributed by atoms with Gasteiger partial charge in [-0.3, -0.25) is 0 Å². The fourth-order valence-electron chi connectivity index (χ4n) is 8.61. The van der Waals surface area contributed by atoms with Gasteiger partial charge in [-0.05, 0) is 97.6 Å². The molecule has 8 aromatic rings. The number of anilines is 3. The third kappa shape index (κ3) is 4.14. The first kappa shape index (κ1) is 28.6. The number of para-hydroxylation sites is 2. The van der Waals surface area contributed by atoms with Crippen molar-refractivity contribution >= 4 is 17.1 Å². The van der Waals surface area contributed by atoms with Crippen LogP contribution in [0.5, 0.6) is 0 Å².